The number of benzene rings is 1. The first kappa shape index (κ1) is 14.8. The van der Waals surface area contributed by atoms with E-state index in [1.54, 1.807) is 17.8 Å². The van der Waals surface area contributed by atoms with Gasteiger partial charge >= 0.3 is 0 Å². The van der Waals surface area contributed by atoms with Crippen LogP contribution in [0.15, 0.2) is 22.7 Å². The molecule has 1 atom stereocenters. The summed E-state index contributed by atoms with van der Waals surface area (Å²) >= 11 is 4.95. The van der Waals surface area contributed by atoms with E-state index < -0.39 is 0 Å². The van der Waals surface area contributed by atoms with Crippen molar-refractivity contribution in [2.24, 2.45) is 0 Å². The van der Waals surface area contributed by atoms with Crippen LogP contribution >= 0.6 is 27.7 Å². The van der Waals surface area contributed by atoms with Gasteiger partial charge in [-0.3, -0.25) is 10.1 Å². The predicted octanol–water partition coefficient (Wildman–Crippen LogP) is 2.30. The third-order valence-electron chi connectivity index (χ3n) is 2.97. The van der Waals surface area contributed by atoms with Gasteiger partial charge in [-0.05, 0) is 30.5 Å². The number of amides is 1. The van der Waals surface area contributed by atoms with Crippen molar-refractivity contribution >= 4 is 33.6 Å². The maximum atomic E-state index is 13.6. The van der Waals surface area contributed by atoms with Crippen molar-refractivity contribution in [2.75, 3.05) is 18.2 Å². The van der Waals surface area contributed by atoms with Gasteiger partial charge in [-0.15, -0.1) is 11.8 Å². The fourth-order valence-corrected chi connectivity index (χ4v) is 3.18. The Kier molecular flexibility index (Phi) is 5.66. The van der Waals surface area contributed by atoms with Crippen molar-refractivity contribution < 1.29 is 9.18 Å². The number of carbonyl (C=O) groups is 1. The lowest BCUT2D eigenvalue weighted by atomic mass is 10.1. The first-order valence-electron chi connectivity index (χ1n) is 6.19. The summed E-state index contributed by atoms with van der Waals surface area (Å²) in [5.74, 6) is 1.51. The molecule has 0 aromatic heterocycles. The number of aryl methyl sites for hydroxylation is 1. The van der Waals surface area contributed by atoms with Crippen LogP contribution in [0.5, 0.6) is 0 Å². The molecule has 1 amide bonds. The Bertz CT molecular complexity index is 452. The molecule has 0 saturated carbocycles. The average molecular weight is 347 g/mol. The largest absolute Gasteiger partial charge is 0.355 e. The van der Waals surface area contributed by atoms with E-state index in [0.29, 0.717) is 18.5 Å². The summed E-state index contributed by atoms with van der Waals surface area (Å²) in [6.07, 6.45) is 1.37. The van der Waals surface area contributed by atoms with Crippen LogP contribution in [0.4, 0.5) is 4.39 Å². The first-order chi connectivity index (χ1) is 9.16. The fourth-order valence-electron chi connectivity index (χ4n) is 1.90. The van der Waals surface area contributed by atoms with E-state index in [1.165, 1.54) is 6.07 Å². The van der Waals surface area contributed by atoms with Gasteiger partial charge in [0.1, 0.15) is 5.82 Å². The summed E-state index contributed by atoms with van der Waals surface area (Å²) in [4.78, 5) is 11.7. The molecule has 1 aliphatic rings. The molecule has 0 radical (unpaired) electrons. The van der Waals surface area contributed by atoms with Crippen molar-refractivity contribution in [1.82, 2.24) is 10.6 Å². The molecule has 1 aromatic rings. The van der Waals surface area contributed by atoms with Crippen LogP contribution in [0, 0.1) is 5.82 Å². The molecule has 1 heterocycles. The lowest BCUT2D eigenvalue weighted by molar-refractivity contribution is -0.122. The molecule has 1 fully saturated rings. The Morgan fingerprint density at radius 1 is 1.58 bits per heavy atom. The number of halogens is 2. The molecule has 1 saturated heterocycles. The van der Waals surface area contributed by atoms with Crippen LogP contribution in [-0.2, 0) is 11.2 Å². The monoisotopic (exact) mass is 346 g/mol. The number of nitrogens with one attached hydrogen (secondary N) is 2. The van der Waals surface area contributed by atoms with Gasteiger partial charge in [0.05, 0.1) is 6.04 Å². The zero-order chi connectivity index (χ0) is 13.7. The maximum Gasteiger partial charge on any atom is 0.238 e. The van der Waals surface area contributed by atoms with E-state index in [4.69, 9.17) is 0 Å². The molecule has 1 aliphatic heterocycles. The summed E-state index contributed by atoms with van der Waals surface area (Å²) in [7, 11) is 0. The minimum Gasteiger partial charge on any atom is -0.355 e. The highest BCUT2D eigenvalue weighted by atomic mass is 79.9. The Balaban J connectivity index is 1.70. The molecular formula is C13H16BrFN2OS. The summed E-state index contributed by atoms with van der Waals surface area (Å²) in [5, 5.41) is 6.00. The highest BCUT2D eigenvalue weighted by molar-refractivity contribution is 9.10. The molecule has 1 unspecified atom stereocenters. The van der Waals surface area contributed by atoms with Crippen LogP contribution in [0.1, 0.15) is 12.0 Å². The van der Waals surface area contributed by atoms with Gasteiger partial charge in [0.2, 0.25) is 5.91 Å². The highest BCUT2D eigenvalue weighted by Crippen LogP contribution is 2.16. The third-order valence-corrected chi connectivity index (χ3v) is 4.40. The molecule has 3 nitrogen and oxygen atoms in total. The Labute approximate surface area is 124 Å². The molecule has 1 aromatic carbocycles. The van der Waals surface area contributed by atoms with Crippen molar-refractivity contribution in [3.8, 4) is 0 Å². The van der Waals surface area contributed by atoms with Crippen LogP contribution in [0.3, 0.4) is 0 Å². The molecular weight excluding hydrogens is 331 g/mol. The van der Waals surface area contributed by atoms with Gasteiger partial charge in [0.25, 0.3) is 0 Å². The quantitative estimate of drug-likeness (QED) is 0.803. The highest BCUT2D eigenvalue weighted by Gasteiger charge is 2.21. The molecule has 2 rings (SSSR count). The van der Waals surface area contributed by atoms with Crippen LogP contribution in [-0.4, -0.2) is 30.1 Å². The minimum absolute atomic E-state index is 0.0429. The van der Waals surface area contributed by atoms with Gasteiger partial charge in [-0.2, -0.15) is 0 Å². The summed E-state index contributed by atoms with van der Waals surface area (Å²) < 4.78 is 14.3. The number of hydrogen-bond donors (Lipinski definition) is 2. The number of rotatable bonds is 5. The number of hydrogen-bond acceptors (Lipinski definition) is 3. The van der Waals surface area contributed by atoms with E-state index in [9.17, 15) is 9.18 Å². The molecule has 6 heteroatoms. The molecule has 0 spiro atoms. The molecule has 2 N–H and O–H groups in total. The molecule has 104 valence electrons. The summed E-state index contributed by atoms with van der Waals surface area (Å²) in [6.45, 7) is 0.581. The van der Waals surface area contributed by atoms with Crippen molar-refractivity contribution in [3.63, 3.8) is 0 Å². The van der Waals surface area contributed by atoms with E-state index in [2.05, 4.69) is 26.6 Å². The SMILES string of the molecule is O=C(NCCCc1ccc(Br)cc1F)C1CSCN1. The Morgan fingerprint density at radius 3 is 3.11 bits per heavy atom. The average Bonchev–Trinajstić information content (AvgIpc) is 2.90. The number of thioether (sulfide) groups is 1. The predicted molar refractivity (Wildman–Crippen MR) is 79.7 cm³/mol. The topological polar surface area (TPSA) is 41.1 Å². The third kappa shape index (κ3) is 4.47. The Morgan fingerprint density at radius 2 is 2.42 bits per heavy atom. The summed E-state index contributed by atoms with van der Waals surface area (Å²) in [5.41, 5.74) is 0.687. The molecule has 0 bridgehead atoms. The van der Waals surface area contributed by atoms with Gasteiger partial charge in [0, 0.05) is 22.6 Å². The second-order valence-corrected chi connectivity index (χ2v) is 6.35. The smallest absolute Gasteiger partial charge is 0.238 e. The fraction of sp³-hybridized carbons (Fsp3) is 0.462. The lowest BCUT2D eigenvalue weighted by Gasteiger charge is -2.10. The van der Waals surface area contributed by atoms with Gasteiger partial charge in [0.15, 0.2) is 0 Å². The van der Waals surface area contributed by atoms with Crippen molar-refractivity contribution in [1.29, 1.82) is 0 Å². The van der Waals surface area contributed by atoms with Crippen LogP contribution < -0.4 is 10.6 Å². The molecule has 19 heavy (non-hydrogen) atoms. The van der Waals surface area contributed by atoms with E-state index in [0.717, 1.165) is 22.5 Å². The zero-order valence-electron chi connectivity index (χ0n) is 10.4. The van der Waals surface area contributed by atoms with Gasteiger partial charge in [-0.25, -0.2) is 4.39 Å². The lowest BCUT2D eigenvalue weighted by Crippen LogP contribution is -2.42. The number of carbonyl (C=O) groups excluding carboxylic acids is 1. The second-order valence-electron chi connectivity index (χ2n) is 4.40. The molecule has 0 aliphatic carbocycles. The van der Waals surface area contributed by atoms with Crippen molar-refractivity contribution in [3.05, 3.63) is 34.1 Å². The zero-order valence-corrected chi connectivity index (χ0v) is 12.8. The van der Waals surface area contributed by atoms with Crippen molar-refractivity contribution in [2.45, 2.75) is 18.9 Å². The van der Waals surface area contributed by atoms with Gasteiger partial charge in [-0.1, -0.05) is 22.0 Å². The van der Waals surface area contributed by atoms with E-state index in [-0.39, 0.29) is 17.8 Å². The van der Waals surface area contributed by atoms with Gasteiger partial charge < -0.3 is 5.32 Å². The standard InChI is InChI=1S/C13H16BrFN2OS/c14-10-4-3-9(11(15)6-10)2-1-5-16-13(18)12-7-19-8-17-12/h3-4,6,12,17H,1-2,5,7-8H2,(H,16,18). The maximum absolute atomic E-state index is 13.6. The van der Waals surface area contributed by atoms with Crippen LogP contribution in [0.2, 0.25) is 0 Å². The van der Waals surface area contributed by atoms with E-state index in [1.807, 2.05) is 6.07 Å². The van der Waals surface area contributed by atoms with E-state index >= 15 is 0 Å². The minimum atomic E-state index is -0.199. The Hall–Kier alpha value is -0.590. The normalized spacial score (nSPS) is 18.5. The first-order valence-corrected chi connectivity index (χ1v) is 8.14. The second kappa shape index (κ2) is 7.26. The van der Waals surface area contributed by atoms with Crippen LogP contribution in [0.25, 0.3) is 0 Å². The summed E-state index contributed by atoms with van der Waals surface area (Å²) in [6, 6.07) is 5.00.